The summed E-state index contributed by atoms with van der Waals surface area (Å²) in [5, 5.41) is 2.88. The molecule has 0 saturated carbocycles. The van der Waals surface area contributed by atoms with Crippen molar-refractivity contribution < 1.29 is 28.2 Å². The molecule has 2 aromatic rings. The van der Waals surface area contributed by atoms with E-state index in [0.29, 0.717) is 29.3 Å². The Balaban J connectivity index is 2.06. The van der Waals surface area contributed by atoms with Gasteiger partial charge in [-0.3, -0.25) is 4.90 Å². The molecule has 1 aliphatic heterocycles. The standard InChI is InChI=1S/C23H25FN2O5/c1-4-26-19(14-31-17-11-9-16(24)10-12-17)20(22(27)30-5-2)21(25-23(26)28)15-7-6-8-18(13-15)29-3/h6-13,21H,4-5,14H2,1-3H3,(H,25,28)/t21-/m1/s1. The third-order valence-electron chi connectivity index (χ3n) is 4.87. The number of likely N-dealkylation sites (N-methyl/N-ethyl adjacent to an activating group) is 1. The van der Waals surface area contributed by atoms with Gasteiger partial charge in [-0.2, -0.15) is 0 Å². The molecule has 0 unspecified atom stereocenters. The van der Waals surface area contributed by atoms with E-state index in [2.05, 4.69) is 5.32 Å². The Morgan fingerprint density at radius 1 is 1.13 bits per heavy atom. The molecule has 0 spiro atoms. The summed E-state index contributed by atoms with van der Waals surface area (Å²) in [4.78, 5) is 27.3. The molecule has 0 bridgehead atoms. The number of hydrogen-bond donors (Lipinski definition) is 1. The van der Waals surface area contributed by atoms with Crippen LogP contribution in [-0.4, -0.2) is 43.8 Å². The van der Waals surface area contributed by atoms with Gasteiger partial charge in [-0.1, -0.05) is 12.1 Å². The molecule has 1 N–H and O–H groups in total. The summed E-state index contributed by atoms with van der Waals surface area (Å²) < 4.78 is 29.6. The van der Waals surface area contributed by atoms with E-state index < -0.39 is 12.0 Å². The molecule has 0 aliphatic carbocycles. The molecule has 0 saturated heterocycles. The van der Waals surface area contributed by atoms with Crippen LogP contribution in [0.2, 0.25) is 0 Å². The van der Waals surface area contributed by atoms with E-state index in [1.165, 1.54) is 29.2 Å². The molecule has 1 atom stereocenters. The Morgan fingerprint density at radius 2 is 1.87 bits per heavy atom. The normalized spacial score (nSPS) is 16.1. The molecule has 2 amide bonds. The van der Waals surface area contributed by atoms with Gasteiger partial charge in [0.25, 0.3) is 0 Å². The number of methoxy groups -OCH3 is 1. The minimum atomic E-state index is -0.740. The van der Waals surface area contributed by atoms with Crippen molar-refractivity contribution in [2.75, 3.05) is 26.9 Å². The maximum atomic E-state index is 13.2. The Kier molecular flexibility index (Phi) is 7.12. The highest BCUT2D eigenvalue weighted by atomic mass is 19.1. The third kappa shape index (κ3) is 4.96. The first-order chi connectivity index (χ1) is 15.0. The number of amides is 2. The average Bonchev–Trinajstić information content (AvgIpc) is 2.78. The lowest BCUT2D eigenvalue weighted by Crippen LogP contribution is -2.49. The van der Waals surface area contributed by atoms with Gasteiger partial charge in [0, 0.05) is 6.54 Å². The number of hydrogen-bond acceptors (Lipinski definition) is 5. The zero-order valence-corrected chi connectivity index (χ0v) is 17.7. The van der Waals surface area contributed by atoms with E-state index in [4.69, 9.17) is 14.2 Å². The molecule has 7 nitrogen and oxygen atoms in total. The molecule has 2 aromatic carbocycles. The lowest BCUT2D eigenvalue weighted by Gasteiger charge is -2.36. The summed E-state index contributed by atoms with van der Waals surface area (Å²) >= 11 is 0. The number of nitrogens with zero attached hydrogens (tertiary/aromatic N) is 1. The van der Waals surface area contributed by atoms with Crippen molar-refractivity contribution in [3.8, 4) is 11.5 Å². The molecule has 0 aromatic heterocycles. The Hall–Kier alpha value is -3.55. The SMILES string of the molecule is CCOC(=O)C1=C(COc2ccc(F)cc2)N(CC)C(=O)N[C@@H]1c1cccc(OC)c1. The lowest BCUT2D eigenvalue weighted by molar-refractivity contribution is -0.139. The van der Waals surface area contributed by atoms with Gasteiger partial charge in [-0.05, 0) is 55.8 Å². The van der Waals surface area contributed by atoms with Crippen molar-refractivity contribution in [2.45, 2.75) is 19.9 Å². The Morgan fingerprint density at radius 3 is 2.52 bits per heavy atom. The summed E-state index contributed by atoms with van der Waals surface area (Å²) in [7, 11) is 1.54. The van der Waals surface area contributed by atoms with Gasteiger partial charge in [-0.25, -0.2) is 14.0 Å². The van der Waals surface area contributed by atoms with Crippen LogP contribution in [-0.2, 0) is 9.53 Å². The number of urea groups is 1. The maximum Gasteiger partial charge on any atom is 0.338 e. The van der Waals surface area contributed by atoms with Gasteiger partial charge in [-0.15, -0.1) is 0 Å². The van der Waals surface area contributed by atoms with Crippen LogP contribution in [0, 0.1) is 5.82 Å². The largest absolute Gasteiger partial charge is 0.497 e. The molecule has 164 valence electrons. The number of rotatable bonds is 8. The monoisotopic (exact) mass is 428 g/mol. The van der Waals surface area contributed by atoms with Gasteiger partial charge < -0.3 is 19.5 Å². The highest BCUT2D eigenvalue weighted by Crippen LogP contribution is 2.33. The predicted octanol–water partition coefficient (Wildman–Crippen LogP) is 3.82. The molecule has 31 heavy (non-hydrogen) atoms. The molecule has 1 aliphatic rings. The predicted molar refractivity (Wildman–Crippen MR) is 112 cm³/mol. The number of nitrogens with one attached hydrogen (secondary N) is 1. The van der Waals surface area contributed by atoms with Gasteiger partial charge >= 0.3 is 12.0 Å². The van der Waals surface area contributed by atoms with E-state index in [1.807, 2.05) is 0 Å². The number of carbonyl (C=O) groups is 2. The van der Waals surface area contributed by atoms with Gasteiger partial charge in [0.05, 0.1) is 31.0 Å². The quantitative estimate of drug-likeness (QED) is 0.647. The highest BCUT2D eigenvalue weighted by molar-refractivity contribution is 5.95. The average molecular weight is 428 g/mol. The van der Waals surface area contributed by atoms with E-state index in [0.717, 1.165) is 0 Å². The Labute approximate surface area is 180 Å². The molecule has 0 fully saturated rings. The minimum absolute atomic E-state index is 0.0679. The van der Waals surface area contributed by atoms with Crippen LogP contribution in [0.1, 0.15) is 25.5 Å². The zero-order chi connectivity index (χ0) is 22.4. The van der Waals surface area contributed by atoms with Crippen molar-refractivity contribution >= 4 is 12.0 Å². The van der Waals surface area contributed by atoms with E-state index in [1.54, 1.807) is 45.2 Å². The van der Waals surface area contributed by atoms with Crippen LogP contribution in [0.3, 0.4) is 0 Å². The second-order valence-corrected chi connectivity index (χ2v) is 6.73. The van der Waals surface area contributed by atoms with Crippen LogP contribution in [0.5, 0.6) is 11.5 Å². The fraction of sp³-hybridized carbons (Fsp3) is 0.304. The number of carbonyl (C=O) groups excluding carboxylic acids is 2. The smallest absolute Gasteiger partial charge is 0.338 e. The van der Waals surface area contributed by atoms with Crippen molar-refractivity contribution in [1.82, 2.24) is 10.2 Å². The van der Waals surface area contributed by atoms with Gasteiger partial charge in [0.1, 0.15) is 23.9 Å². The summed E-state index contributed by atoms with van der Waals surface area (Å²) in [6.07, 6.45) is 0. The summed E-state index contributed by atoms with van der Waals surface area (Å²) in [6, 6.07) is 11.5. The molecule has 1 heterocycles. The fourth-order valence-electron chi connectivity index (χ4n) is 3.40. The van der Waals surface area contributed by atoms with Crippen LogP contribution >= 0.6 is 0 Å². The van der Waals surface area contributed by atoms with Crippen LogP contribution in [0.4, 0.5) is 9.18 Å². The summed E-state index contributed by atoms with van der Waals surface area (Å²) in [5.74, 6) is 0.0737. The van der Waals surface area contributed by atoms with Gasteiger partial charge in [0.2, 0.25) is 0 Å². The second-order valence-electron chi connectivity index (χ2n) is 6.73. The Bertz CT molecular complexity index is 974. The van der Waals surface area contributed by atoms with Crippen molar-refractivity contribution in [1.29, 1.82) is 0 Å². The molecular weight excluding hydrogens is 403 g/mol. The zero-order valence-electron chi connectivity index (χ0n) is 17.7. The summed E-state index contributed by atoms with van der Waals surface area (Å²) in [6.45, 7) is 3.95. The van der Waals surface area contributed by atoms with E-state index in [-0.39, 0.29) is 30.6 Å². The number of ether oxygens (including phenoxy) is 3. The third-order valence-corrected chi connectivity index (χ3v) is 4.87. The summed E-state index contributed by atoms with van der Waals surface area (Å²) in [5.41, 5.74) is 1.34. The second kappa shape index (κ2) is 9.97. The minimum Gasteiger partial charge on any atom is -0.497 e. The molecule has 0 radical (unpaired) electrons. The number of halogens is 1. The first-order valence-electron chi connectivity index (χ1n) is 9.99. The molecule has 3 rings (SSSR count). The number of esters is 1. The lowest BCUT2D eigenvalue weighted by atomic mass is 9.94. The van der Waals surface area contributed by atoms with Crippen molar-refractivity contribution in [3.63, 3.8) is 0 Å². The molecular formula is C23H25FN2O5. The fourth-order valence-corrected chi connectivity index (χ4v) is 3.40. The molecule has 8 heteroatoms. The maximum absolute atomic E-state index is 13.2. The van der Waals surface area contributed by atoms with Crippen molar-refractivity contribution in [3.05, 3.63) is 71.2 Å². The van der Waals surface area contributed by atoms with Crippen LogP contribution < -0.4 is 14.8 Å². The van der Waals surface area contributed by atoms with Crippen molar-refractivity contribution in [2.24, 2.45) is 0 Å². The van der Waals surface area contributed by atoms with Crippen LogP contribution in [0.15, 0.2) is 59.8 Å². The van der Waals surface area contributed by atoms with E-state index >= 15 is 0 Å². The number of benzene rings is 2. The highest BCUT2D eigenvalue weighted by Gasteiger charge is 2.38. The van der Waals surface area contributed by atoms with Crippen LogP contribution in [0.25, 0.3) is 0 Å². The van der Waals surface area contributed by atoms with E-state index in [9.17, 15) is 14.0 Å². The topological polar surface area (TPSA) is 77.1 Å². The van der Waals surface area contributed by atoms with Gasteiger partial charge in [0.15, 0.2) is 0 Å². The first kappa shape index (κ1) is 22.1. The first-order valence-corrected chi connectivity index (χ1v) is 9.99.